The number of amides is 1. The normalized spacial score (nSPS) is 23.6. The Morgan fingerprint density at radius 2 is 1.81 bits per heavy atom. The average molecular weight is 430 g/mol. The van der Waals surface area contributed by atoms with Crippen molar-refractivity contribution < 1.29 is 9.53 Å². The Morgan fingerprint density at radius 1 is 1.00 bits per heavy atom. The average Bonchev–Trinajstić information content (AvgIpc) is 3.05. The number of benzene rings is 1. The maximum atomic E-state index is 12.5. The topological polar surface area (TPSA) is 80.2 Å². The molecule has 1 amide bonds. The van der Waals surface area contributed by atoms with Gasteiger partial charge >= 0.3 is 6.01 Å². The molecule has 1 aromatic carbocycles. The quantitative estimate of drug-likeness (QED) is 0.666. The number of nitrogens with one attached hydrogen (secondary N) is 1. The van der Waals surface area contributed by atoms with Crippen LogP contribution in [0.4, 0.5) is 0 Å². The van der Waals surface area contributed by atoms with Crippen LogP contribution in [0.3, 0.4) is 0 Å². The number of ether oxygens (including phenoxy) is 1. The van der Waals surface area contributed by atoms with Crippen LogP contribution in [0, 0.1) is 0 Å². The van der Waals surface area contributed by atoms with Crippen molar-refractivity contribution in [3.05, 3.63) is 78.4 Å². The van der Waals surface area contributed by atoms with Crippen molar-refractivity contribution in [3.8, 4) is 11.8 Å². The molecule has 2 aliphatic rings. The van der Waals surface area contributed by atoms with Crippen LogP contribution in [0.5, 0.6) is 11.8 Å². The van der Waals surface area contributed by atoms with E-state index in [1.165, 1.54) is 5.56 Å². The Labute approximate surface area is 187 Å². The fourth-order valence-electron chi connectivity index (χ4n) is 4.96. The lowest BCUT2D eigenvalue weighted by atomic mass is 9.81. The molecule has 1 N–H and O–H groups in total. The molecule has 5 rings (SSSR count). The van der Waals surface area contributed by atoms with E-state index >= 15 is 0 Å². The van der Waals surface area contributed by atoms with Crippen LogP contribution in [-0.4, -0.2) is 44.4 Å². The van der Waals surface area contributed by atoms with E-state index in [1.54, 1.807) is 18.5 Å². The SMILES string of the molecule is O=C1CCCC[C@]2(CN(Cc3ccc(Oc4ncccn4)cc3)C[C@H]2c2ccccn2)N1. The van der Waals surface area contributed by atoms with Gasteiger partial charge in [-0.1, -0.05) is 24.6 Å². The molecule has 0 bridgehead atoms. The van der Waals surface area contributed by atoms with Crippen molar-refractivity contribution in [2.75, 3.05) is 13.1 Å². The number of hydrogen-bond acceptors (Lipinski definition) is 6. The number of likely N-dealkylation sites (tertiary alicyclic amines) is 1. The van der Waals surface area contributed by atoms with Crippen LogP contribution in [0.25, 0.3) is 0 Å². The molecule has 2 aliphatic heterocycles. The second-order valence-corrected chi connectivity index (χ2v) is 8.67. The van der Waals surface area contributed by atoms with Gasteiger partial charge in [-0.15, -0.1) is 0 Å². The Morgan fingerprint density at radius 3 is 2.59 bits per heavy atom. The maximum Gasteiger partial charge on any atom is 0.321 e. The van der Waals surface area contributed by atoms with Gasteiger partial charge in [-0.2, -0.15) is 0 Å². The summed E-state index contributed by atoms with van der Waals surface area (Å²) in [5, 5.41) is 3.40. The molecule has 2 saturated heterocycles. The van der Waals surface area contributed by atoms with Gasteiger partial charge in [-0.05, 0) is 48.7 Å². The van der Waals surface area contributed by atoms with Crippen molar-refractivity contribution in [1.82, 2.24) is 25.2 Å². The van der Waals surface area contributed by atoms with E-state index in [1.807, 2.05) is 30.5 Å². The molecule has 7 heteroatoms. The standard InChI is InChI=1S/C25H27N5O2/c31-23-7-1-3-12-25(29-23)18-30(17-21(25)22-6-2-4-13-26-22)16-19-8-10-20(11-9-19)32-24-27-14-5-15-28-24/h2,4-6,8-11,13-15,21H,1,3,7,12,16-18H2,(H,29,31)/t21-,25+/m0/s1. The lowest BCUT2D eigenvalue weighted by molar-refractivity contribution is -0.122. The molecular formula is C25H27N5O2. The predicted molar refractivity (Wildman–Crippen MR) is 120 cm³/mol. The van der Waals surface area contributed by atoms with Gasteiger partial charge in [0, 0.05) is 56.3 Å². The summed E-state index contributed by atoms with van der Waals surface area (Å²) in [7, 11) is 0. The highest BCUT2D eigenvalue weighted by molar-refractivity contribution is 5.77. The van der Waals surface area contributed by atoms with E-state index in [4.69, 9.17) is 4.74 Å². The number of pyridine rings is 1. The first-order valence-corrected chi connectivity index (χ1v) is 11.2. The summed E-state index contributed by atoms with van der Waals surface area (Å²) in [6.07, 6.45) is 8.77. The van der Waals surface area contributed by atoms with Gasteiger partial charge in [-0.25, -0.2) is 9.97 Å². The monoisotopic (exact) mass is 429 g/mol. The third kappa shape index (κ3) is 4.48. The summed E-state index contributed by atoms with van der Waals surface area (Å²) in [5.41, 5.74) is 2.00. The number of carbonyl (C=O) groups excluding carboxylic acids is 1. The van der Waals surface area contributed by atoms with Crippen molar-refractivity contribution in [3.63, 3.8) is 0 Å². The summed E-state index contributed by atoms with van der Waals surface area (Å²) in [6.45, 7) is 2.51. The van der Waals surface area contributed by atoms with Crippen LogP contribution >= 0.6 is 0 Å². The molecule has 7 nitrogen and oxygen atoms in total. The second kappa shape index (κ2) is 9.04. The van der Waals surface area contributed by atoms with E-state index in [0.717, 1.165) is 44.6 Å². The van der Waals surface area contributed by atoms with Crippen LogP contribution < -0.4 is 10.1 Å². The molecular weight excluding hydrogens is 402 g/mol. The van der Waals surface area contributed by atoms with Gasteiger partial charge < -0.3 is 10.1 Å². The van der Waals surface area contributed by atoms with Crippen molar-refractivity contribution in [2.24, 2.45) is 0 Å². The van der Waals surface area contributed by atoms with E-state index in [2.05, 4.69) is 43.4 Å². The van der Waals surface area contributed by atoms with Gasteiger partial charge in [0.1, 0.15) is 5.75 Å². The molecule has 164 valence electrons. The molecule has 0 unspecified atom stereocenters. The van der Waals surface area contributed by atoms with Crippen LogP contribution in [-0.2, 0) is 11.3 Å². The van der Waals surface area contributed by atoms with Crippen molar-refractivity contribution in [1.29, 1.82) is 0 Å². The minimum Gasteiger partial charge on any atom is -0.424 e. The minimum absolute atomic E-state index is 0.162. The Hall–Kier alpha value is -3.32. The fraction of sp³-hybridized carbons (Fsp3) is 0.360. The largest absolute Gasteiger partial charge is 0.424 e. The molecule has 32 heavy (non-hydrogen) atoms. The van der Waals surface area contributed by atoms with Crippen molar-refractivity contribution >= 4 is 5.91 Å². The van der Waals surface area contributed by atoms with Crippen LogP contribution in [0.2, 0.25) is 0 Å². The molecule has 4 heterocycles. The Balaban J connectivity index is 1.32. The number of rotatable bonds is 5. The number of hydrogen-bond donors (Lipinski definition) is 1. The van der Waals surface area contributed by atoms with E-state index in [0.29, 0.717) is 18.2 Å². The number of aromatic nitrogens is 3. The molecule has 1 spiro atoms. The number of nitrogens with zero attached hydrogens (tertiary/aromatic N) is 4. The summed E-state index contributed by atoms with van der Waals surface area (Å²) >= 11 is 0. The lowest BCUT2D eigenvalue weighted by Gasteiger charge is -2.34. The van der Waals surface area contributed by atoms with Crippen LogP contribution in [0.15, 0.2) is 67.1 Å². The second-order valence-electron chi connectivity index (χ2n) is 8.67. The molecule has 2 aromatic heterocycles. The first kappa shape index (κ1) is 20.6. The third-order valence-electron chi connectivity index (χ3n) is 6.40. The van der Waals surface area contributed by atoms with Gasteiger partial charge in [0.2, 0.25) is 5.91 Å². The maximum absolute atomic E-state index is 12.5. The Kier molecular flexibility index (Phi) is 5.81. The van der Waals surface area contributed by atoms with Crippen molar-refractivity contribution in [2.45, 2.75) is 43.7 Å². The molecule has 2 atom stereocenters. The Bertz CT molecular complexity index is 1040. The summed E-state index contributed by atoms with van der Waals surface area (Å²) in [4.78, 5) is 27.8. The molecule has 0 radical (unpaired) electrons. The van der Waals surface area contributed by atoms with E-state index < -0.39 is 0 Å². The van der Waals surface area contributed by atoms with Gasteiger partial charge in [-0.3, -0.25) is 14.7 Å². The predicted octanol–water partition coefficient (Wildman–Crippen LogP) is 3.69. The van der Waals surface area contributed by atoms with E-state index in [-0.39, 0.29) is 17.4 Å². The summed E-state index contributed by atoms with van der Waals surface area (Å²) < 4.78 is 5.70. The molecule has 3 aromatic rings. The highest BCUT2D eigenvalue weighted by Crippen LogP contribution is 2.40. The van der Waals surface area contributed by atoms with E-state index in [9.17, 15) is 4.79 Å². The highest BCUT2D eigenvalue weighted by atomic mass is 16.5. The third-order valence-corrected chi connectivity index (χ3v) is 6.40. The highest BCUT2D eigenvalue weighted by Gasteiger charge is 2.49. The summed E-state index contributed by atoms with van der Waals surface area (Å²) in [6, 6.07) is 16.2. The first-order chi connectivity index (χ1) is 15.7. The zero-order valence-corrected chi connectivity index (χ0v) is 18.0. The lowest BCUT2D eigenvalue weighted by Crippen LogP contribution is -2.52. The van der Waals surface area contributed by atoms with Gasteiger partial charge in [0.25, 0.3) is 0 Å². The van der Waals surface area contributed by atoms with Crippen LogP contribution in [0.1, 0.15) is 42.9 Å². The number of carbonyl (C=O) groups is 1. The van der Waals surface area contributed by atoms with Gasteiger partial charge in [0.05, 0.1) is 5.54 Å². The van der Waals surface area contributed by atoms with Gasteiger partial charge in [0.15, 0.2) is 0 Å². The fourth-order valence-corrected chi connectivity index (χ4v) is 4.96. The molecule has 2 fully saturated rings. The summed E-state index contributed by atoms with van der Waals surface area (Å²) in [5.74, 6) is 1.05. The molecule has 0 aliphatic carbocycles. The zero-order valence-electron chi connectivity index (χ0n) is 18.0. The molecule has 0 saturated carbocycles. The first-order valence-electron chi connectivity index (χ1n) is 11.2. The minimum atomic E-state index is -0.254. The zero-order chi connectivity index (χ0) is 21.8. The smallest absolute Gasteiger partial charge is 0.321 e.